The SMILES string of the molecule is CC/C(=N\NC(=O)c1cccc(OC)c1)c1ccccc1O. The molecular weight excluding hydrogens is 280 g/mol. The first-order chi connectivity index (χ1) is 10.7. The van der Waals surface area contributed by atoms with Crippen molar-refractivity contribution in [2.75, 3.05) is 7.11 Å². The van der Waals surface area contributed by atoms with Gasteiger partial charge in [-0.15, -0.1) is 0 Å². The van der Waals surface area contributed by atoms with Crippen molar-refractivity contribution in [2.45, 2.75) is 13.3 Å². The smallest absolute Gasteiger partial charge is 0.271 e. The van der Waals surface area contributed by atoms with Gasteiger partial charge in [0, 0.05) is 11.1 Å². The van der Waals surface area contributed by atoms with Crippen LogP contribution in [0.25, 0.3) is 0 Å². The van der Waals surface area contributed by atoms with Crippen LogP contribution in [0.5, 0.6) is 11.5 Å². The van der Waals surface area contributed by atoms with Crippen LogP contribution in [-0.2, 0) is 0 Å². The molecule has 5 nitrogen and oxygen atoms in total. The molecule has 0 aliphatic carbocycles. The molecule has 0 heterocycles. The van der Waals surface area contributed by atoms with Crippen LogP contribution in [-0.4, -0.2) is 23.8 Å². The van der Waals surface area contributed by atoms with E-state index in [0.29, 0.717) is 29.0 Å². The normalized spacial score (nSPS) is 11.1. The molecule has 22 heavy (non-hydrogen) atoms. The topological polar surface area (TPSA) is 70.9 Å². The highest BCUT2D eigenvalue weighted by molar-refractivity contribution is 6.04. The minimum atomic E-state index is -0.333. The molecule has 0 bridgehead atoms. The summed E-state index contributed by atoms with van der Waals surface area (Å²) in [5, 5.41) is 14.0. The van der Waals surface area contributed by atoms with E-state index in [9.17, 15) is 9.90 Å². The number of methoxy groups -OCH3 is 1. The van der Waals surface area contributed by atoms with Crippen molar-refractivity contribution >= 4 is 11.6 Å². The number of hydrogen-bond acceptors (Lipinski definition) is 4. The Kier molecular flexibility index (Phi) is 5.14. The van der Waals surface area contributed by atoms with Crippen molar-refractivity contribution in [3.05, 3.63) is 59.7 Å². The first kappa shape index (κ1) is 15.6. The van der Waals surface area contributed by atoms with Gasteiger partial charge in [0.15, 0.2) is 0 Å². The average Bonchev–Trinajstić information content (AvgIpc) is 2.56. The van der Waals surface area contributed by atoms with Crippen LogP contribution in [0.2, 0.25) is 0 Å². The molecule has 0 radical (unpaired) electrons. The minimum Gasteiger partial charge on any atom is -0.507 e. The molecule has 1 amide bonds. The summed E-state index contributed by atoms with van der Waals surface area (Å²) in [5.41, 5.74) is 4.18. The molecule has 0 fully saturated rings. The zero-order valence-electron chi connectivity index (χ0n) is 12.5. The number of carbonyl (C=O) groups is 1. The third kappa shape index (κ3) is 3.63. The predicted octanol–water partition coefficient (Wildman–Crippen LogP) is 2.94. The van der Waals surface area contributed by atoms with Gasteiger partial charge in [-0.3, -0.25) is 4.79 Å². The molecule has 2 N–H and O–H groups in total. The Bertz CT molecular complexity index is 696. The zero-order valence-corrected chi connectivity index (χ0v) is 12.5. The Hall–Kier alpha value is -2.82. The van der Waals surface area contributed by atoms with Crippen molar-refractivity contribution in [1.29, 1.82) is 0 Å². The van der Waals surface area contributed by atoms with Gasteiger partial charge in [-0.25, -0.2) is 5.43 Å². The molecule has 0 atom stereocenters. The highest BCUT2D eigenvalue weighted by Crippen LogP contribution is 2.18. The fraction of sp³-hybridized carbons (Fsp3) is 0.176. The molecule has 2 rings (SSSR count). The second-order valence-electron chi connectivity index (χ2n) is 4.60. The summed E-state index contributed by atoms with van der Waals surface area (Å²) in [6.07, 6.45) is 0.579. The van der Waals surface area contributed by atoms with E-state index in [1.165, 1.54) is 0 Å². The van der Waals surface area contributed by atoms with Crippen molar-refractivity contribution in [3.63, 3.8) is 0 Å². The van der Waals surface area contributed by atoms with Crippen LogP contribution in [0, 0.1) is 0 Å². The lowest BCUT2D eigenvalue weighted by atomic mass is 10.1. The summed E-state index contributed by atoms with van der Waals surface area (Å²) in [5.74, 6) is 0.409. The number of carbonyl (C=O) groups excluding carboxylic acids is 1. The summed E-state index contributed by atoms with van der Waals surface area (Å²) >= 11 is 0. The van der Waals surface area contributed by atoms with Crippen LogP contribution in [0.4, 0.5) is 0 Å². The maximum absolute atomic E-state index is 12.1. The van der Waals surface area contributed by atoms with Gasteiger partial charge in [0.05, 0.1) is 12.8 Å². The van der Waals surface area contributed by atoms with E-state index in [-0.39, 0.29) is 11.7 Å². The van der Waals surface area contributed by atoms with Crippen molar-refractivity contribution < 1.29 is 14.6 Å². The van der Waals surface area contributed by atoms with Gasteiger partial charge < -0.3 is 9.84 Å². The van der Waals surface area contributed by atoms with Gasteiger partial charge in [-0.05, 0) is 36.8 Å². The number of aromatic hydroxyl groups is 1. The largest absolute Gasteiger partial charge is 0.507 e. The lowest BCUT2D eigenvalue weighted by molar-refractivity contribution is 0.0954. The molecule has 0 saturated carbocycles. The fourth-order valence-corrected chi connectivity index (χ4v) is 1.99. The number of hydrogen-bond donors (Lipinski definition) is 2. The Morgan fingerprint density at radius 1 is 1.23 bits per heavy atom. The third-order valence-corrected chi connectivity index (χ3v) is 3.17. The molecule has 5 heteroatoms. The van der Waals surface area contributed by atoms with Gasteiger partial charge in [0.1, 0.15) is 11.5 Å². The number of ether oxygens (including phenoxy) is 1. The van der Waals surface area contributed by atoms with E-state index in [2.05, 4.69) is 10.5 Å². The summed E-state index contributed by atoms with van der Waals surface area (Å²) in [7, 11) is 1.54. The number of nitrogens with one attached hydrogen (secondary N) is 1. The molecule has 2 aromatic carbocycles. The van der Waals surface area contributed by atoms with Crippen molar-refractivity contribution in [1.82, 2.24) is 5.43 Å². The third-order valence-electron chi connectivity index (χ3n) is 3.17. The second-order valence-corrected chi connectivity index (χ2v) is 4.60. The van der Waals surface area contributed by atoms with Crippen LogP contribution in [0.3, 0.4) is 0 Å². The fourth-order valence-electron chi connectivity index (χ4n) is 1.99. The van der Waals surface area contributed by atoms with E-state index in [0.717, 1.165) is 0 Å². The highest BCUT2D eigenvalue weighted by atomic mass is 16.5. The predicted molar refractivity (Wildman–Crippen MR) is 85.4 cm³/mol. The first-order valence-corrected chi connectivity index (χ1v) is 6.95. The number of benzene rings is 2. The van der Waals surface area contributed by atoms with Gasteiger partial charge in [0.2, 0.25) is 0 Å². The van der Waals surface area contributed by atoms with E-state index >= 15 is 0 Å². The molecular formula is C17H18N2O3. The van der Waals surface area contributed by atoms with E-state index in [1.54, 1.807) is 49.6 Å². The molecule has 0 spiro atoms. The number of hydrazone groups is 1. The number of phenolic OH excluding ortho intramolecular Hbond substituents is 1. The van der Waals surface area contributed by atoms with Gasteiger partial charge >= 0.3 is 0 Å². The summed E-state index contributed by atoms with van der Waals surface area (Å²) in [6.45, 7) is 1.91. The minimum absolute atomic E-state index is 0.138. The molecule has 114 valence electrons. The lowest BCUT2D eigenvalue weighted by Gasteiger charge is -2.07. The molecule has 0 aliphatic rings. The number of nitrogens with zero attached hydrogens (tertiary/aromatic N) is 1. The van der Waals surface area contributed by atoms with Crippen LogP contribution in [0.15, 0.2) is 53.6 Å². The van der Waals surface area contributed by atoms with E-state index < -0.39 is 0 Å². The lowest BCUT2D eigenvalue weighted by Crippen LogP contribution is -2.20. The second kappa shape index (κ2) is 7.26. The van der Waals surface area contributed by atoms with Crippen molar-refractivity contribution in [2.24, 2.45) is 5.10 Å². The summed E-state index contributed by atoms with van der Waals surface area (Å²) < 4.78 is 5.09. The maximum atomic E-state index is 12.1. The number of rotatable bonds is 5. The average molecular weight is 298 g/mol. The Labute approximate surface area is 129 Å². The van der Waals surface area contributed by atoms with Gasteiger partial charge in [-0.1, -0.05) is 25.1 Å². The van der Waals surface area contributed by atoms with Crippen LogP contribution >= 0.6 is 0 Å². The molecule has 0 aliphatic heterocycles. The zero-order chi connectivity index (χ0) is 15.9. The maximum Gasteiger partial charge on any atom is 0.271 e. The Morgan fingerprint density at radius 2 is 2.00 bits per heavy atom. The first-order valence-electron chi connectivity index (χ1n) is 6.95. The highest BCUT2D eigenvalue weighted by Gasteiger charge is 2.09. The Morgan fingerprint density at radius 3 is 2.68 bits per heavy atom. The van der Waals surface area contributed by atoms with E-state index in [1.807, 2.05) is 13.0 Å². The molecule has 2 aromatic rings. The number of para-hydroxylation sites is 1. The van der Waals surface area contributed by atoms with E-state index in [4.69, 9.17) is 4.74 Å². The monoisotopic (exact) mass is 298 g/mol. The number of phenols is 1. The van der Waals surface area contributed by atoms with Crippen LogP contribution < -0.4 is 10.2 Å². The molecule has 0 saturated heterocycles. The molecule has 0 unspecified atom stereocenters. The van der Waals surface area contributed by atoms with Gasteiger partial charge in [0.25, 0.3) is 5.91 Å². The van der Waals surface area contributed by atoms with Gasteiger partial charge in [-0.2, -0.15) is 5.10 Å². The summed E-state index contributed by atoms with van der Waals surface area (Å²) in [6, 6.07) is 13.7. The van der Waals surface area contributed by atoms with Crippen LogP contribution in [0.1, 0.15) is 29.3 Å². The summed E-state index contributed by atoms with van der Waals surface area (Å²) in [4.78, 5) is 12.1. The van der Waals surface area contributed by atoms with Crippen molar-refractivity contribution in [3.8, 4) is 11.5 Å². The Balaban J connectivity index is 2.18. The number of amides is 1. The molecule has 0 aromatic heterocycles. The quantitative estimate of drug-likeness (QED) is 0.658. The standard InChI is InChI=1S/C17H18N2O3/c1-3-15(14-9-4-5-10-16(14)20)18-19-17(21)12-7-6-8-13(11-12)22-2/h4-11,20H,3H2,1-2H3,(H,19,21)/b18-15+.